The smallest absolute Gasteiger partial charge is 0.342 e. The molecular formula is C13H14N2O3. The van der Waals surface area contributed by atoms with Gasteiger partial charge in [-0.25, -0.2) is 9.48 Å². The normalized spacial score (nSPS) is 10.3. The van der Waals surface area contributed by atoms with E-state index >= 15 is 0 Å². The molecule has 0 aliphatic carbocycles. The van der Waals surface area contributed by atoms with E-state index in [-0.39, 0.29) is 11.4 Å². The van der Waals surface area contributed by atoms with Gasteiger partial charge in [-0.15, -0.1) is 0 Å². The Morgan fingerprint density at radius 3 is 2.78 bits per heavy atom. The highest BCUT2D eigenvalue weighted by atomic mass is 16.5. The van der Waals surface area contributed by atoms with Gasteiger partial charge in [-0.1, -0.05) is 24.3 Å². The van der Waals surface area contributed by atoms with Crippen molar-refractivity contribution in [2.24, 2.45) is 0 Å². The minimum Gasteiger partial charge on any atom is -0.481 e. The lowest BCUT2D eigenvalue weighted by Crippen LogP contribution is -2.07. The molecule has 1 heterocycles. The van der Waals surface area contributed by atoms with Gasteiger partial charge in [0.1, 0.15) is 5.56 Å². The van der Waals surface area contributed by atoms with Gasteiger partial charge in [0, 0.05) is 0 Å². The molecule has 18 heavy (non-hydrogen) atoms. The number of nitrogens with zero attached hydrogens (tertiary/aromatic N) is 2. The first-order chi connectivity index (χ1) is 8.63. The maximum Gasteiger partial charge on any atom is 0.342 e. The van der Waals surface area contributed by atoms with Crippen LogP contribution in [0.3, 0.4) is 0 Å². The molecular weight excluding hydrogens is 232 g/mol. The van der Waals surface area contributed by atoms with Gasteiger partial charge in [0.2, 0.25) is 5.88 Å². The van der Waals surface area contributed by atoms with Crippen LogP contribution >= 0.6 is 0 Å². The Morgan fingerprint density at radius 2 is 2.17 bits per heavy atom. The van der Waals surface area contributed by atoms with Gasteiger partial charge in [0.15, 0.2) is 0 Å². The summed E-state index contributed by atoms with van der Waals surface area (Å²) in [6.07, 6.45) is 1.31. The maximum atomic E-state index is 11.0. The molecule has 0 aliphatic heterocycles. The van der Waals surface area contributed by atoms with Crippen LogP contribution in [0.5, 0.6) is 5.88 Å². The van der Waals surface area contributed by atoms with E-state index in [9.17, 15) is 4.79 Å². The Bertz CT molecular complexity index is 575. The van der Waals surface area contributed by atoms with Crippen molar-refractivity contribution < 1.29 is 14.6 Å². The van der Waals surface area contributed by atoms with Gasteiger partial charge in [-0.05, 0) is 18.1 Å². The van der Waals surface area contributed by atoms with Crippen LogP contribution < -0.4 is 4.74 Å². The summed E-state index contributed by atoms with van der Waals surface area (Å²) < 4.78 is 6.66. The Hall–Kier alpha value is -2.30. The number of ether oxygens (including phenoxy) is 1. The summed E-state index contributed by atoms with van der Waals surface area (Å²) in [5.74, 6) is -0.770. The van der Waals surface area contributed by atoms with Crippen molar-refractivity contribution in [2.75, 3.05) is 7.11 Å². The molecule has 2 rings (SSSR count). The van der Waals surface area contributed by atoms with E-state index < -0.39 is 5.97 Å². The number of carboxylic acids is 1. The topological polar surface area (TPSA) is 64.3 Å². The van der Waals surface area contributed by atoms with Crippen molar-refractivity contribution in [1.82, 2.24) is 9.78 Å². The van der Waals surface area contributed by atoms with Gasteiger partial charge >= 0.3 is 5.97 Å². The predicted octanol–water partition coefficient (Wildman–Crippen LogP) is 1.95. The Morgan fingerprint density at radius 1 is 1.44 bits per heavy atom. The molecule has 0 radical (unpaired) electrons. The second-order valence-electron chi connectivity index (χ2n) is 3.96. The number of aryl methyl sites for hydroxylation is 1. The van der Waals surface area contributed by atoms with Crippen molar-refractivity contribution in [3.8, 4) is 5.88 Å². The van der Waals surface area contributed by atoms with Crippen LogP contribution in [0.2, 0.25) is 0 Å². The third-order valence-corrected chi connectivity index (χ3v) is 2.80. The number of benzene rings is 1. The molecule has 1 aromatic carbocycles. The first-order valence-corrected chi connectivity index (χ1v) is 5.51. The van der Waals surface area contributed by atoms with Crippen LogP contribution in [-0.2, 0) is 6.54 Å². The molecule has 2 aromatic rings. The molecule has 0 amide bonds. The zero-order valence-electron chi connectivity index (χ0n) is 10.3. The first kappa shape index (κ1) is 12.2. The van der Waals surface area contributed by atoms with Crippen molar-refractivity contribution in [3.05, 3.63) is 47.2 Å². The summed E-state index contributed by atoms with van der Waals surface area (Å²) in [6, 6.07) is 7.89. The fourth-order valence-corrected chi connectivity index (χ4v) is 1.80. The predicted molar refractivity (Wildman–Crippen MR) is 66.0 cm³/mol. The molecule has 94 valence electrons. The van der Waals surface area contributed by atoms with Crippen molar-refractivity contribution >= 4 is 5.97 Å². The zero-order valence-corrected chi connectivity index (χ0v) is 10.3. The minimum absolute atomic E-state index is 0.0751. The molecule has 0 aliphatic rings. The van der Waals surface area contributed by atoms with E-state index in [1.54, 1.807) is 4.68 Å². The van der Waals surface area contributed by atoms with Crippen LogP contribution in [-0.4, -0.2) is 28.0 Å². The lowest BCUT2D eigenvalue weighted by Gasteiger charge is -2.09. The molecule has 1 N–H and O–H groups in total. The summed E-state index contributed by atoms with van der Waals surface area (Å²) in [6.45, 7) is 2.49. The number of rotatable bonds is 4. The molecule has 1 aromatic heterocycles. The number of carbonyl (C=O) groups is 1. The highest BCUT2D eigenvalue weighted by Gasteiger charge is 2.17. The molecule has 0 spiro atoms. The largest absolute Gasteiger partial charge is 0.481 e. The summed E-state index contributed by atoms with van der Waals surface area (Å²) in [5, 5.41) is 13.1. The molecule has 0 unspecified atom stereocenters. The molecule has 0 atom stereocenters. The summed E-state index contributed by atoms with van der Waals surface area (Å²) in [4.78, 5) is 11.0. The number of hydrogen-bond donors (Lipinski definition) is 1. The average Bonchev–Trinajstić information content (AvgIpc) is 2.75. The number of methoxy groups -OCH3 is 1. The van der Waals surface area contributed by atoms with Crippen molar-refractivity contribution in [1.29, 1.82) is 0 Å². The molecule has 0 fully saturated rings. The lowest BCUT2D eigenvalue weighted by atomic mass is 10.1. The molecule has 0 bridgehead atoms. The van der Waals surface area contributed by atoms with Crippen LogP contribution in [0.15, 0.2) is 30.5 Å². The molecule has 0 saturated heterocycles. The highest BCUT2D eigenvalue weighted by Crippen LogP contribution is 2.20. The van der Waals surface area contributed by atoms with Gasteiger partial charge in [-0.2, -0.15) is 5.10 Å². The van der Waals surface area contributed by atoms with Crippen LogP contribution in [0.25, 0.3) is 0 Å². The van der Waals surface area contributed by atoms with E-state index in [4.69, 9.17) is 9.84 Å². The van der Waals surface area contributed by atoms with Gasteiger partial charge in [0.05, 0.1) is 19.9 Å². The zero-order chi connectivity index (χ0) is 13.1. The van der Waals surface area contributed by atoms with E-state index in [1.807, 2.05) is 31.2 Å². The van der Waals surface area contributed by atoms with Crippen LogP contribution in [0.1, 0.15) is 21.5 Å². The Kier molecular flexibility index (Phi) is 3.32. The van der Waals surface area contributed by atoms with E-state index in [0.29, 0.717) is 6.54 Å². The Labute approximate surface area is 105 Å². The van der Waals surface area contributed by atoms with Gasteiger partial charge in [-0.3, -0.25) is 0 Å². The third kappa shape index (κ3) is 2.20. The second-order valence-corrected chi connectivity index (χ2v) is 3.96. The standard InChI is InChI=1S/C13H14N2O3/c1-9-5-3-4-6-10(9)8-15-12(18-2)11(7-14-15)13(16)17/h3-7H,8H2,1-2H3,(H,16,17). The quantitative estimate of drug-likeness (QED) is 0.895. The van der Waals surface area contributed by atoms with E-state index in [0.717, 1.165) is 11.1 Å². The Balaban J connectivity index is 2.35. The fraction of sp³-hybridized carbons (Fsp3) is 0.231. The van der Waals surface area contributed by atoms with Crippen LogP contribution in [0, 0.1) is 6.92 Å². The summed E-state index contributed by atoms with van der Waals surface area (Å²) in [5.41, 5.74) is 2.29. The minimum atomic E-state index is -1.04. The van der Waals surface area contributed by atoms with E-state index in [2.05, 4.69) is 5.10 Å². The number of hydrogen-bond acceptors (Lipinski definition) is 3. The summed E-state index contributed by atoms with van der Waals surface area (Å²) in [7, 11) is 1.44. The summed E-state index contributed by atoms with van der Waals surface area (Å²) >= 11 is 0. The number of carboxylic acid groups (broad SMARTS) is 1. The van der Waals surface area contributed by atoms with Gasteiger partial charge < -0.3 is 9.84 Å². The number of aromatic nitrogens is 2. The molecule has 5 nitrogen and oxygen atoms in total. The maximum absolute atomic E-state index is 11.0. The van der Waals surface area contributed by atoms with E-state index in [1.165, 1.54) is 13.3 Å². The second kappa shape index (κ2) is 4.91. The average molecular weight is 246 g/mol. The highest BCUT2D eigenvalue weighted by molar-refractivity contribution is 5.89. The molecule has 5 heteroatoms. The molecule has 0 saturated carbocycles. The lowest BCUT2D eigenvalue weighted by molar-refractivity contribution is 0.0693. The third-order valence-electron chi connectivity index (χ3n) is 2.80. The number of aromatic carboxylic acids is 1. The van der Waals surface area contributed by atoms with Crippen LogP contribution in [0.4, 0.5) is 0 Å². The van der Waals surface area contributed by atoms with Gasteiger partial charge in [0.25, 0.3) is 0 Å². The van der Waals surface area contributed by atoms with Crippen molar-refractivity contribution in [3.63, 3.8) is 0 Å². The first-order valence-electron chi connectivity index (χ1n) is 5.51. The van der Waals surface area contributed by atoms with Crippen molar-refractivity contribution in [2.45, 2.75) is 13.5 Å². The SMILES string of the molecule is COc1c(C(=O)O)cnn1Cc1ccccc1C. The fourth-order valence-electron chi connectivity index (χ4n) is 1.80. The monoisotopic (exact) mass is 246 g/mol.